The lowest BCUT2D eigenvalue weighted by atomic mass is 10.2. The molecule has 0 fully saturated rings. The van der Waals surface area contributed by atoms with Crippen molar-refractivity contribution < 1.29 is 4.42 Å². The van der Waals surface area contributed by atoms with Crippen molar-refractivity contribution >= 4 is 28.2 Å². The molecule has 0 N–H and O–H groups in total. The van der Waals surface area contributed by atoms with Crippen molar-refractivity contribution in [2.24, 2.45) is 0 Å². The molecule has 12 heavy (non-hydrogen) atoms. The summed E-state index contributed by atoms with van der Waals surface area (Å²) in [5.74, 6) is 0.672. The zero-order valence-corrected chi connectivity index (χ0v) is 9.08. The Morgan fingerprint density at radius 1 is 1.58 bits per heavy atom. The molecule has 1 heterocycles. The van der Waals surface area contributed by atoms with E-state index in [1.165, 1.54) is 6.07 Å². The largest absolute Gasteiger partial charge is 0.422 e. The fourth-order valence-corrected chi connectivity index (χ4v) is 1.52. The molecule has 0 atom stereocenters. The maximum atomic E-state index is 10.9. The number of rotatable bonds is 1. The molecule has 0 aliphatic heterocycles. The van der Waals surface area contributed by atoms with Crippen molar-refractivity contribution in [2.75, 3.05) is 0 Å². The van der Waals surface area contributed by atoms with E-state index < -0.39 is 0 Å². The van der Waals surface area contributed by atoms with E-state index in [9.17, 15) is 4.79 Å². The van der Waals surface area contributed by atoms with Gasteiger partial charge >= 0.3 is 5.63 Å². The Labute approximate surface area is 84.4 Å². The highest BCUT2D eigenvalue weighted by Gasteiger charge is 2.03. The van der Waals surface area contributed by atoms with Gasteiger partial charge in [0.25, 0.3) is 0 Å². The molecule has 0 bridgehead atoms. The molecular formula is C9H9IO2. The lowest BCUT2D eigenvalue weighted by Crippen LogP contribution is -1.99. The molecule has 1 rings (SSSR count). The predicted octanol–water partition coefficient (Wildman–Crippen LogP) is 2.67. The maximum absolute atomic E-state index is 10.9. The molecular weight excluding hydrogens is 267 g/mol. The highest BCUT2D eigenvalue weighted by molar-refractivity contribution is 14.1. The van der Waals surface area contributed by atoms with Gasteiger partial charge in [0.15, 0.2) is 0 Å². The monoisotopic (exact) mass is 276 g/mol. The van der Waals surface area contributed by atoms with Gasteiger partial charge in [-0.1, -0.05) is 6.08 Å². The van der Waals surface area contributed by atoms with Crippen LogP contribution in [0.25, 0.3) is 5.57 Å². The fourth-order valence-electron chi connectivity index (χ4n) is 0.800. The first-order chi connectivity index (χ1) is 5.65. The molecule has 0 aliphatic carbocycles. The molecule has 0 radical (unpaired) electrons. The lowest BCUT2D eigenvalue weighted by molar-refractivity contribution is 0.493. The van der Waals surface area contributed by atoms with Crippen molar-refractivity contribution in [2.45, 2.75) is 13.8 Å². The molecule has 0 spiro atoms. The Morgan fingerprint density at radius 3 is 2.83 bits per heavy atom. The minimum Gasteiger partial charge on any atom is -0.422 e. The number of hydrogen-bond acceptors (Lipinski definition) is 2. The van der Waals surface area contributed by atoms with Gasteiger partial charge in [-0.15, -0.1) is 0 Å². The zero-order valence-electron chi connectivity index (χ0n) is 6.93. The molecule has 1 aromatic heterocycles. The molecule has 2 nitrogen and oxygen atoms in total. The molecule has 0 aliphatic rings. The summed E-state index contributed by atoms with van der Waals surface area (Å²) in [5.41, 5.74) is 0.684. The van der Waals surface area contributed by atoms with E-state index in [0.29, 0.717) is 5.76 Å². The van der Waals surface area contributed by atoms with Crippen molar-refractivity contribution in [3.05, 3.63) is 38.0 Å². The highest BCUT2D eigenvalue weighted by atomic mass is 127. The van der Waals surface area contributed by atoms with Gasteiger partial charge in [0.05, 0.1) is 3.57 Å². The van der Waals surface area contributed by atoms with Gasteiger partial charge in [0.2, 0.25) is 0 Å². The molecule has 0 saturated heterocycles. The first-order valence-corrected chi connectivity index (χ1v) is 4.66. The van der Waals surface area contributed by atoms with Crippen LogP contribution in [0.2, 0.25) is 0 Å². The lowest BCUT2D eigenvalue weighted by Gasteiger charge is -2.00. The van der Waals surface area contributed by atoms with Gasteiger partial charge in [-0.2, -0.15) is 0 Å². The summed E-state index contributed by atoms with van der Waals surface area (Å²) in [6, 6.07) is 3.18. The van der Waals surface area contributed by atoms with Crippen molar-refractivity contribution in [3.63, 3.8) is 0 Å². The van der Waals surface area contributed by atoms with E-state index in [4.69, 9.17) is 4.42 Å². The van der Waals surface area contributed by atoms with Crippen molar-refractivity contribution in [3.8, 4) is 0 Å². The van der Waals surface area contributed by atoms with Crippen LogP contribution in [0.4, 0.5) is 0 Å². The van der Waals surface area contributed by atoms with Crippen LogP contribution in [-0.2, 0) is 0 Å². The minimum atomic E-state index is -0.299. The maximum Gasteiger partial charge on any atom is 0.336 e. The Balaban J connectivity index is 3.32. The van der Waals surface area contributed by atoms with Gasteiger partial charge in [0, 0.05) is 6.07 Å². The average molecular weight is 276 g/mol. The SMILES string of the molecule is C/C=C(/C)c1oc(=O)ccc1I. The average Bonchev–Trinajstić information content (AvgIpc) is 2.08. The van der Waals surface area contributed by atoms with Gasteiger partial charge < -0.3 is 4.42 Å². The summed E-state index contributed by atoms with van der Waals surface area (Å²) in [6.45, 7) is 3.83. The van der Waals surface area contributed by atoms with Gasteiger partial charge in [0.1, 0.15) is 5.76 Å². The van der Waals surface area contributed by atoms with Crippen LogP contribution >= 0.6 is 22.6 Å². The Morgan fingerprint density at radius 2 is 2.25 bits per heavy atom. The third kappa shape index (κ3) is 1.97. The Kier molecular flexibility index (Phi) is 3.08. The van der Waals surface area contributed by atoms with E-state index in [2.05, 4.69) is 22.6 Å². The third-order valence-corrected chi connectivity index (χ3v) is 2.43. The van der Waals surface area contributed by atoms with Crippen LogP contribution in [-0.4, -0.2) is 0 Å². The summed E-state index contributed by atoms with van der Waals surface area (Å²) < 4.78 is 5.99. The standard InChI is InChI=1S/C9H9IO2/c1-3-6(2)9-7(10)4-5-8(11)12-9/h3-5H,1-2H3/b6-3-. The number of allylic oxidation sites excluding steroid dienone is 2. The van der Waals surface area contributed by atoms with Gasteiger partial charge in [-0.25, -0.2) is 4.79 Å². The second kappa shape index (κ2) is 3.89. The Hall–Kier alpha value is -0.580. The van der Waals surface area contributed by atoms with E-state index in [1.807, 2.05) is 19.9 Å². The van der Waals surface area contributed by atoms with Crippen LogP contribution in [0.1, 0.15) is 19.6 Å². The summed E-state index contributed by atoms with van der Waals surface area (Å²) >= 11 is 2.14. The van der Waals surface area contributed by atoms with E-state index in [1.54, 1.807) is 6.07 Å². The predicted molar refractivity (Wildman–Crippen MR) is 57.0 cm³/mol. The quantitative estimate of drug-likeness (QED) is 0.738. The van der Waals surface area contributed by atoms with E-state index in [-0.39, 0.29) is 5.63 Å². The topological polar surface area (TPSA) is 30.2 Å². The molecule has 0 aromatic carbocycles. The van der Waals surface area contributed by atoms with Gasteiger partial charge in [-0.05, 0) is 48.1 Å². The van der Waals surface area contributed by atoms with E-state index >= 15 is 0 Å². The first-order valence-electron chi connectivity index (χ1n) is 3.58. The van der Waals surface area contributed by atoms with Crippen LogP contribution in [0, 0.1) is 3.57 Å². The van der Waals surface area contributed by atoms with Crippen LogP contribution < -0.4 is 5.63 Å². The van der Waals surface area contributed by atoms with E-state index in [0.717, 1.165) is 9.14 Å². The molecule has 1 aromatic rings. The smallest absolute Gasteiger partial charge is 0.336 e. The fraction of sp³-hybridized carbons (Fsp3) is 0.222. The summed E-state index contributed by atoms with van der Waals surface area (Å²) in [5, 5.41) is 0. The van der Waals surface area contributed by atoms with Crippen molar-refractivity contribution in [1.82, 2.24) is 0 Å². The number of halogens is 1. The summed E-state index contributed by atoms with van der Waals surface area (Å²) in [4.78, 5) is 10.9. The van der Waals surface area contributed by atoms with Crippen molar-refractivity contribution in [1.29, 1.82) is 0 Å². The summed E-state index contributed by atoms with van der Waals surface area (Å²) in [6.07, 6.45) is 1.92. The third-order valence-electron chi connectivity index (χ3n) is 1.58. The normalized spacial score (nSPS) is 11.8. The molecule has 3 heteroatoms. The molecule has 0 unspecified atom stereocenters. The van der Waals surface area contributed by atoms with Crippen LogP contribution in [0.15, 0.2) is 27.4 Å². The second-order valence-corrected chi connectivity index (χ2v) is 3.57. The minimum absolute atomic E-state index is 0.299. The zero-order chi connectivity index (χ0) is 9.14. The second-order valence-electron chi connectivity index (χ2n) is 2.40. The molecule has 0 amide bonds. The highest BCUT2D eigenvalue weighted by Crippen LogP contribution is 2.18. The first kappa shape index (κ1) is 9.51. The van der Waals surface area contributed by atoms with Gasteiger partial charge in [-0.3, -0.25) is 0 Å². The molecule has 64 valence electrons. The Bertz CT molecular complexity index is 363. The summed E-state index contributed by atoms with van der Waals surface area (Å²) in [7, 11) is 0. The van der Waals surface area contributed by atoms with Crippen LogP contribution in [0.5, 0.6) is 0 Å². The van der Waals surface area contributed by atoms with Crippen LogP contribution in [0.3, 0.4) is 0 Å². The number of hydrogen-bond donors (Lipinski definition) is 0. The molecule has 0 saturated carbocycles.